The van der Waals surface area contributed by atoms with E-state index in [0.29, 0.717) is 17.8 Å². The van der Waals surface area contributed by atoms with E-state index in [2.05, 4.69) is 31.1 Å². The molecular weight excluding hydrogens is 332 g/mol. The molecule has 0 unspecified atom stereocenters. The third kappa shape index (κ3) is 4.25. The van der Waals surface area contributed by atoms with Gasteiger partial charge in [-0.15, -0.1) is 11.3 Å². The Balaban J connectivity index is 1.56. The summed E-state index contributed by atoms with van der Waals surface area (Å²) in [5.41, 5.74) is 1.67. The second kappa shape index (κ2) is 8.06. The molecule has 6 heteroatoms. The minimum atomic E-state index is 0.0391. The lowest BCUT2D eigenvalue weighted by molar-refractivity contribution is 0.0695. The van der Waals surface area contributed by atoms with Gasteiger partial charge in [-0.3, -0.25) is 9.78 Å². The number of thiazole rings is 1. The van der Waals surface area contributed by atoms with Crippen molar-refractivity contribution in [3.8, 4) is 0 Å². The molecule has 0 radical (unpaired) electrons. The molecule has 25 heavy (non-hydrogen) atoms. The Morgan fingerprint density at radius 3 is 2.68 bits per heavy atom. The lowest BCUT2D eigenvalue weighted by Crippen LogP contribution is -2.45. The van der Waals surface area contributed by atoms with E-state index in [1.54, 1.807) is 23.6 Å². The highest BCUT2D eigenvalue weighted by molar-refractivity contribution is 7.11. The maximum absolute atomic E-state index is 12.5. The second-order valence-electron chi connectivity index (χ2n) is 6.60. The van der Waals surface area contributed by atoms with E-state index in [1.165, 1.54) is 9.88 Å². The van der Waals surface area contributed by atoms with Crippen LogP contribution in [0, 0.1) is 13.8 Å². The van der Waals surface area contributed by atoms with Gasteiger partial charge in [0.25, 0.3) is 5.91 Å². The summed E-state index contributed by atoms with van der Waals surface area (Å²) >= 11 is 1.79. The summed E-state index contributed by atoms with van der Waals surface area (Å²) in [6, 6.07) is 6.22. The molecule has 0 aromatic carbocycles. The molecule has 5 nitrogen and oxygen atoms in total. The summed E-state index contributed by atoms with van der Waals surface area (Å²) in [6.07, 6.45) is 4.64. The van der Waals surface area contributed by atoms with Gasteiger partial charge in [-0.05, 0) is 45.2 Å². The van der Waals surface area contributed by atoms with Crippen LogP contribution in [0.2, 0.25) is 0 Å². The van der Waals surface area contributed by atoms with Crippen molar-refractivity contribution in [2.75, 3.05) is 13.1 Å². The van der Waals surface area contributed by atoms with Gasteiger partial charge in [0.1, 0.15) is 10.7 Å². The molecule has 1 saturated heterocycles. The largest absolute Gasteiger partial charge is 0.337 e. The molecule has 1 fully saturated rings. The van der Waals surface area contributed by atoms with Gasteiger partial charge >= 0.3 is 0 Å². The molecule has 0 bridgehead atoms. The highest BCUT2D eigenvalue weighted by Gasteiger charge is 2.26. The van der Waals surface area contributed by atoms with Crippen molar-refractivity contribution in [2.45, 2.75) is 52.1 Å². The van der Waals surface area contributed by atoms with E-state index in [1.807, 2.05) is 17.0 Å². The molecule has 1 atom stereocenters. The van der Waals surface area contributed by atoms with E-state index in [0.717, 1.165) is 38.0 Å². The molecule has 0 spiro atoms. The number of carbonyl (C=O) groups excluding carboxylic acids is 1. The number of rotatable bonds is 5. The summed E-state index contributed by atoms with van der Waals surface area (Å²) in [6.45, 7) is 7.96. The summed E-state index contributed by atoms with van der Waals surface area (Å²) < 4.78 is 0. The Bertz CT molecular complexity index is 688. The minimum absolute atomic E-state index is 0.0391. The third-order valence-corrected chi connectivity index (χ3v) is 6.04. The zero-order valence-corrected chi connectivity index (χ0v) is 16.0. The van der Waals surface area contributed by atoms with Gasteiger partial charge in [0.2, 0.25) is 0 Å². The van der Waals surface area contributed by atoms with Gasteiger partial charge in [-0.25, -0.2) is 4.98 Å². The summed E-state index contributed by atoms with van der Waals surface area (Å²) in [4.78, 5) is 24.6. The maximum Gasteiger partial charge on any atom is 0.272 e. The number of pyridine rings is 1. The van der Waals surface area contributed by atoms with Crippen LogP contribution in [0.15, 0.2) is 24.4 Å². The van der Waals surface area contributed by atoms with Crippen LogP contribution in [-0.4, -0.2) is 39.9 Å². The Morgan fingerprint density at radius 2 is 2.12 bits per heavy atom. The standard InChI is InChI=1S/C19H26N4OS/c1-4-16(18-21-13(2)14(3)25-18)22-15-8-11-23(12-9-15)19(24)17-7-5-6-10-20-17/h5-7,10,15-16,22H,4,8-9,11-12H2,1-3H3/t16-/m1/s1. The molecule has 1 aliphatic rings. The van der Waals surface area contributed by atoms with Gasteiger partial charge in [0.05, 0.1) is 11.7 Å². The summed E-state index contributed by atoms with van der Waals surface area (Å²) in [7, 11) is 0. The normalized spacial score (nSPS) is 16.8. The van der Waals surface area contributed by atoms with Crippen LogP contribution in [-0.2, 0) is 0 Å². The number of amides is 1. The molecule has 1 amide bonds. The Hall–Kier alpha value is -1.79. The number of hydrogen-bond donors (Lipinski definition) is 1. The quantitative estimate of drug-likeness (QED) is 0.889. The van der Waals surface area contributed by atoms with Crippen molar-refractivity contribution in [1.29, 1.82) is 0 Å². The van der Waals surface area contributed by atoms with Crippen LogP contribution in [0.3, 0.4) is 0 Å². The van der Waals surface area contributed by atoms with E-state index in [-0.39, 0.29) is 5.91 Å². The first-order valence-corrected chi connectivity index (χ1v) is 9.80. The molecule has 2 aromatic heterocycles. The molecule has 134 valence electrons. The topological polar surface area (TPSA) is 58.1 Å². The second-order valence-corrected chi connectivity index (χ2v) is 7.84. The number of aromatic nitrogens is 2. The zero-order valence-electron chi connectivity index (χ0n) is 15.2. The zero-order chi connectivity index (χ0) is 17.8. The van der Waals surface area contributed by atoms with Gasteiger partial charge in [0, 0.05) is 30.2 Å². The highest BCUT2D eigenvalue weighted by Crippen LogP contribution is 2.26. The van der Waals surface area contributed by atoms with Crippen LogP contribution in [0.25, 0.3) is 0 Å². The van der Waals surface area contributed by atoms with Gasteiger partial charge in [-0.2, -0.15) is 0 Å². The minimum Gasteiger partial charge on any atom is -0.337 e. The van der Waals surface area contributed by atoms with E-state index in [9.17, 15) is 4.79 Å². The molecule has 3 rings (SSSR count). The van der Waals surface area contributed by atoms with Crippen LogP contribution in [0.1, 0.15) is 58.3 Å². The number of nitrogens with zero attached hydrogens (tertiary/aromatic N) is 3. The first-order valence-electron chi connectivity index (χ1n) is 8.98. The lowest BCUT2D eigenvalue weighted by atomic mass is 10.0. The number of piperidine rings is 1. The monoisotopic (exact) mass is 358 g/mol. The fourth-order valence-electron chi connectivity index (χ4n) is 3.20. The number of aryl methyl sites for hydroxylation is 2. The first kappa shape index (κ1) is 18.0. The van der Waals surface area contributed by atoms with Crippen LogP contribution in [0.5, 0.6) is 0 Å². The SMILES string of the molecule is CC[C@@H](NC1CCN(C(=O)c2ccccn2)CC1)c1nc(C)c(C)s1. The Labute approximate surface area is 153 Å². The maximum atomic E-state index is 12.5. The van der Waals surface area contributed by atoms with E-state index >= 15 is 0 Å². The first-order chi connectivity index (χ1) is 12.1. The van der Waals surface area contributed by atoms with Crippen molar-refractivity contribution in [1.82, 2.24) is 20.2 Å². The Morgan fingerprint density at radius 1 is 1.36 bits per heavy atom. The predicted molar refractivity (Wildman–Crippen MR) is 101 cm³/mol. The van der Waals surface area contributed by atoms with Crippen LogP contribution in [0.4, 0.5) is 0 Å². The van der Waals surface area contributed by atoms with Crippen molar-refractivity contribution in [3.63, 3.8) is 0 Å². The van der Waals surface area contributed by atoms with Crippen LogP contribution >= 0.6 is 11.3 Å². The Kier molecular flexibility index (Phi) is 5.81. The number of carbonyl (C=O) groups is 1. The van der Waals surface area contributed by atoms with Crippen molar-refractivity contribution in [2.24, 2.45) is 0 Å². The number of hydrogen-bond acceptors (Lipinski definition) is 5. The molecule has 1 N–H and O–H groups in total. The third-order valence-electron chi connectivity index (χ3n) is 4.85. The lowest BCUT2D eigenvalue weighted by Gasteiger charge is -2.34. The molecule has 1 aliphatic heterocycles. The fourth-order valence-corrected chi connectivity index (χ4v) is 4.26. The van der Waals surface area contributed by atoms with E-state index in [4.69, 9.17) is 4.98 Å². The highest BCUT2D eigenvalue weighted by atomic mass is 32.1. The van der Waals surface area contributed by atoms with E-state index < -0.39 is 0 Å². The summed E-state index contributed by atoms with van der Waals surface area (Å²) in [5, 5.41) is 4.94. The van der Waals surface area contributed by atoms with Gasteiger partial charge in [-0.1, -0.05) is 13.0 Å². The van der Waals surface area contributed by atoms with Crippen LogP contribution < -0.4 is 5.32 Å². The average Bonchev–Trinajstić information content (AvgIpc) is 2.99. The molecule has 0 aliphatic carbocycles. The predicted octanol–water partition coefficient (Wildman–Crippen LogP) is 3.50. The average molecular weight is 359 g/mol. The van der Waals surface area contributed by atoms with Crippen molar-refractivity contribution in [3.05, 3.63) is 45.7 Å². The molecule has 2 aromatic rings. The summed E-state index contributed by atoms with van der Waals surface area (Å²) in [5.74, 6) is 0.0391. The van der Waals surface area contributed by atoms with Crippen molar-refractivity contribution < 1.29 is 4.79 Å². The number of likely N-dealkylation sites (tertiary alicyclic amines) is 1. The number of nitrogens with one attached hydrogen (secondary N) is 1. The fraction of sp³-hybridized carbons (Fsp3) is 0.526. The molecule has 3 heterocycles. The van der Waals surface area contributed by atoms with Gasteiger partial charge in [0.15, 0.2) is 0 Å². The van der Waals surface area contributed by atoms with Crippen molar-refractivity contribution >= 4 is 17.2 Å². The molecule has 0 saturated carbocycles. The van der Waals surface area contributed by atoms with Gasteiger partial charge < -0.3 is 10.2 Å². The smallest absolute Gasteiger partial charge is 0.272 e. The molecular formula is C19H26N4OS.